The molecular formula is C25H21F3N2O2S2. The molecule has 2 N–H and O–H groups in total. The lowest BCUT2D eigenvalue weighted by Crippen LogP contribution is -2.29. The van der Waals surface area contributed by atoms with Gasteiger partial charge in [0.1, 0.15) is 11.9 Å². The van der Waals surface area contributed by atoms with Crippen molar-refractivity contribution in [2.24, 2.45) is 0 Å². The minimum absolute atomic E-state index is 0.156. The first kappa shape index (κ1) is 23.0. The number of H-pyrrole nitrogens is 1. The maximum Gasteiger partial charge on any atom is 0.274 e. The maximum atomic E-state index is 14.6. The number of thiophene rings is 1. The standard InChI is InChI=1S/C25H21F3N2O2S2/c26-19-10-16-8-9-29-24(31)18(16)12-20(19)30-34-23-7-6-21(33-23)17-11-22(25(27,28)13-17)32-14-15-4-2-1-3-5-15/h1-10,12,17,22,30H,11,13-14H2,(H,29,31). The highest BCUT2D eigenvalue weighted by Crippen LogP contribution is 2.48. The van der Waals surface area contributed by atoms with Crippen LogP contribution in [0.15, 0.2) is 75.9 Å². The lowest BCUT2D eigenvalue weighted by molar-refractivity contribution is -0.122. The number of rotatable bonds is 7. The van der Waals surface area contributed by atoms with Crippen molar-refractivity contribution in [3.63, 3.8) is 0 Å². The molecule has 5 rings (SSSR count). The van der Waals surface area contributed by atoms with Crippen molar-refractivity contribution in [1.82, 2.24) is 4.98 Å². The second-order valence-electron chi connectivity index (χ2n) is 8.27. The number of halogens is 3. The number of fused-ring (bicyclic) bond motifs is 1. The van der Waals surface area contributed by atoms with E-state index in [1.54, 1.807) is 6.07 Å². The zero-order valence-corrected chi connectivity index (χ0v) is 19.5. The van der Waals surface area contributed by atoms with E-state index in [2.05, 4.69) is 9.71 Å². The number of benzene rings is 2. The van der Waals surface area contributed by atoms with Gasteiger partial charge in [0.15, 0.2) is 0 Å². The molecule has 0 aliphatic heterocycles. The van der Waals surface area contributed by atoms with Gasteiger partial charge in [0, 0.05) is 28.8 Å². The minimum atomic E-state index is -2.89. The fraction of sp³-hybridized carbons (Fsp3) is 0.240. The van der Waals surface area contributed by atoms with E-state index in [1.807, 2.05) is 42.5 Å². The molecule has 0 amide bonds. The van der Waals surface area contributed by atoms with E-state index in [9.17, 15) is 18.0 Å². The second kappa shape index (κ2) is 9.48. The molecule has 4 aromatic rings. The molecule has 0 saturated heterocycles. The predicted molar refractivity (Wildman–Crippen MR) is 130 cm³/mol. The molecule has 0 radical (unpaired) electrons. The fourth-order valence-electron chi connectivity index (χ4n) is 4.15. The Bertz CT molecular complexity index is 1360. The largest absolute Gasteiger partial charge is 0.367 e. The third-order valence-corrected chi connectivity index (χ3v) is 8.11. The minimum Gasteiger partial charge on any atom is -0.367 e. The van der Waals surface area contributed by atoms with Gasteiger partial charge in [0.25, 0.3) is 11.5 Å². The van der Waals surface area contributed by atoms with Crippen LogP contribution in [0.4, 0.5) is 18.9 Å². The summed E-state index contributed by atoms with van der Waals surface area (Å²) >= 11 is 2.59. The van der Waals surface area contributed by atoms with Crippen molar-refractivity contribution in [2.75, 3.05) is 4.72 Å². The summed E-state index contributed by atoms with van der Waals surface area (Å²) in [6.45, 7) is 0.156. The summed E-state index contributed by atoms with van der Waals surface area (Å²) in [5, 5.41) is 0.898. The summed E-state index contributed by atoms with van der Waals surface area (Å²) < 4.78 is 53.0. The molecule has 176 valence electrons. The molecule has 1 aliphatic carbocycles. The van der Waals surface area contributed by atoms with E-state index in [0.717, 1.165) is 14.6 Å². The number of aromatic amines is 1. The van der Waals surface area contributed by atoms with E-state index in [0.29, 0.717) is 10.8 Å². The average Bonchev–Trinajstić information content (AvgIpc) is 3.41. The molecule has 2 aromatic carbocycles. The molecule has 34 heavy (non-hydrogen) atoms. The third kappa shape index (κ3) is 4.87. The fourth-order valence-corrected chi connectivity index (χ4v) is 6.09. The second-order valence-corrected chi connectivity index (χ2v) is 10.5. The molecule has 0 bridgehead atoms. The highest BCUT2D eigenvalue weighted by Gasteiger charge is 2.50. The summed E-state index contributed by atoms with van der Waals surface area (Å²) in [4.78, 5) is 15.4. The first-order chi connectivity index (χ1) is 16.4. The highest BCUT2D eigenvalue weighted by molar-refractivity contribution is 8.02. The van der Waals surface area contributed by atoms with Crippen molar-refractivity contribution in [3.8, 4) is 0 Å². The van der Waals surface area contributed by atoms with E-state index >= 15 is 0 Å². The summed E-state index contributed by atoms with van der Waals surface area (Å²) in [6.07, 6.45) is 0.342. The molecule has 1 saturated carbocycles. The van der Waals surface area contributed by atoms with Crippen molar-refractivity contribution in [2.45, 2.75) is 41.6 Å². The maximum absolute atomic E-state index is 14.6. The topological polar surface area (TPSA) is 54.1 Å². The predicted octanol–water partition coefficient (Wildman–Crippen LogP) is 6.95. The normalized spacial score (nSPS) is 19.5. The Balaban J connectivity index is 1.23. The molecule has 2 aromatic heterocycles. The molecule has 0 spiro atoms. The van der Waals surface area contributed by atoms with E-state index in [4.69, 9.17) is 4.74 Å². The van der Waals surface area contributed by atoms with Crippen LogP contribution in [0.3, 0.4) is 0 Å². The zero-order chi connectivity index (χ0) is 23.7. The molecule has 4 nitrogen and oxygen atoms in total. The van der Waals surface area contributed by atoms with Gasteiger partial charge in [-0.25, -0.2) is 13.2 Å². The third-order valence-electron chi connectivity index (χ3n) is 5.91. The van der Waals surface area contributed by atoms with Crippen LogP contribution in [0, 0.1) is 5.82 Å². The van der Waals surface area contributed by atoms with Gasteiger partial charge in [-0.1, -0.05) is 30.3 Å². The summed E-state index contributed by atoms with van der Waals surface area (Å²) in [5.41, 5.74) is 0.756. The molecule has 2 atom stereocenters. The van der Waals surface area contributed by atoms with Crippen LogP contribution in [0.25, 0.3) is 10.8 Å². The van der Waals surface area contributed by atoms with Gasteiger partial charge in [-0.3, -0.25) is 4.79 Å². The van der Waals surface area contributed by atoms with Gasteiger partial charge in [0.2, 0.25) is 0 Å². The molecule has 2 unspecified atom stereocenters. The number of anilines is 1. The quantitative estimate of drug-likeness (QED) is 0.269. The van der Waals surface area contributed by atoms with Gasteiger partial charge in [-0.05, 0) is 59.7 Å². The number of aromatic nitrogens is 1. The molecule has 2 heterocycles. The Morgan fingerprint density at radius 1 is 1.15 bits per heavy atom. The Kier molecular flexibility index (Phi) is 6.42. The Hall–Kier alpha value is -2.75. The van der Waals surface area contributed by atoms with E-state index in [1.165, 1.54) is 41.6 Å². The van der Waals surface area contributed by atoms with Crippen molar-refractivity contribution < 1.29 is 17.9 Å². The number of hydrogen-bond acceptors (Lipinski definition) is 5. The summed E-state index contributed by atoms with van der Waals surface area (Å²) in [6, 6.07) is 17.4. The first-order valence-corrected chi connectivity index (χ1v) is 12.4. The number of alkyl halides is 2. The molecular weight excluding hydrogens is 481 g/mol. The van der Waals surface area contributed by atoms with Crippen molar-refractivity contribution in [3.05, 3.63) is 93.5 Å². The Labute approximate surface area is 202 Å². The van der Waals surface area contributed by atoms with Gasteiger partial charge >= 0.3 is 0 Å². The summed E-state index contributed by atoms with van der Waals surface area (Å²) in [7, 11) is 0. The summed E-state index contributed by atoms with van der Waals surface area (Å²) in [5.74, 6) is -3.67. The van der Waals surface area contributed by atoms with Gasteiger partial charge in [-0.15, -0.1) is 11.3 Å². The van der Waals surface area contributed by atoms with E-state index < -0.39 is 17.8 Å². The number of hydrogen-bond donors (Lipinski definition) is 2. The van der Waals surface area contributed by atoms with Gasteiger partial charge < -0.3 is 14.4 Å². The molecule has 1 aliphatic rings. The van der Waals surface area contributed by atoms with Gasteiger partial charge in [0.05, 0.1) is 16.5 Å². The number of pyridine rings is 1. The SMILES string of the molecule is O=c1[nH]ccc2cc(F)c(NSc3ccc(C4CC(OCc5ccccc5)C(F)(F)C4)s3)cc12. The Morgan fingerprint density at radius 2 is 1.97 bits per heavy atom. The van der Waals surface area contributed by atoms with Crippen LogP contribution in [0.2, 0.25) is 0 Å². The first-order valence-electron chi connectivity index (χ1n) is 10.8. The van der Waals surface area contributed by atoms with Crippen molar-refractivity contribution >= 4 is 39.7 Å². The lowest BCUT2D eigenvalue weighted by Gasteiger charge is -2.19. The molecule has 1 fully saturated rings. The van der Waals surface area contributed by atoms with Crippen LogP contribution < -0.4 is 10.3 Å². The smallest absolute Gasteiger partial charge is 0.274 e. The highest BCUT2D eigenvalue weighted by atomic mass is 32.2. The van der Waals surface area contributed by atoms with Crippen LogP contribution >= 0.6 is 23.3 Å². The lowest BCUT2D eigenvalue weighted by atomic mass is 10.1. The van der Waals surface area contributed by atoms with E-state index in [-0.39, 0.29) is 36.6 Å². The Morgan fingerprint density at radius 3 is 2.79 bits per heavy atom. The number of ether oxygens (including phenoxy) is 1. The monoisotopic (exact) mass is 502 g/mol. The van der Waals surface area contributed by atoms with Crippen LogP contribution in [-0.4, -0.2) is 17.0 Å². The average molecular weight is 503 g/mol. The van der Waals surface area contributed by atoms with Crippen LogP contribution in [-0.2, 0) is 11.3 Å². The zero-order valence-electron chi connectivity index (χ0n) is 17.9. The van der Waals surface area contributed by atoms with Crippen LogP contribution in [0.5, 0.6) is 0 Å². The number of nitrogens with one attached hydrogen (secondary N) is 2. The van der Waals surface area contributed by atoms with Crippen molar-refractivity contribution in [1.29, 1.82) is 0 Å². The van der Waals surface area contributed by atoms with Crippen LogP contribution in [0.1, 0.15) is 29.2 Å². The molecule has 9 heteroatoms. The van der Waals surface area contributed by atoms with Gasteiger partial charge in [-0.2, -0.15) is 0 Å².